The SMILES string of the molecule is CCC1(CC)O[C@@H](n2cnc3c(NC(c4ccccc4)(c4ccccc4)c4ccc(OC)cc4)ncnc32)[C@]2(C)OC3(CCCC3)O[C@H]12. The highest BCUT2D eigenvalue weighted by Crippen LogP contribution is 2.60. The van der Waals surface area contributed by atoms with E-state index < -0.39 is 28.8 Å². The number of nitrogens with one attached hydrogen (secondary N) is 1. The van der Waals surface area contributed by atoms with E-state index in [0.717, 1.165) is 61.0 Å². The lowest BCUT2D eigenvalue weighted by Gasteiger charge is -2.37. The maximum Gasteiger partial charge on any atom is 0.170 e. The Morgan fingerprint density at radius 1 is 0.833 bits per heavy atom. The van der Waals surface area contributed by atoms with Crippen LogP contribution < -0.4 is 10.1 Å². The largest absolute Gasteiger partial charge is 0.497 e. The predicted octanol–water partition coefficient (Wildman–Crippen LogP) is 7.77. The first-order chi connectivity index (χ1) is 23.4. The highest BCUT2D eigenvalue weighted by molar-refractivity contribution is 5.84. The van der Waals surface area contributed by atoms with Crippen LogP contribution in [0.15, 0.2) is 97.6 Å². The molecule has 3 aliphatic rings. The molecule has 9 heteroatoms. The second-order valence-electron chi connectivity index (χ2n) is 13.5. The van der Waals surface area contributed by atoms with Gasteiger partial charge in [-0.3, -0.25) is 4.57 Å². The number of hydrogen-bond acceptors (Lipinski definition) is 8. The molecule has 4 heterocycles. The van der Waals surface area contributed by atoms with Crippen LogP contribution in [0.25, 0.3) is 11.2 Å². The van der Waals surface area contributed by atoms with Crippen molar-refractivity contribution in [1.29, 1.82) is 0 Å². The molecule has 3 aromatic carbocycles. The van der Waals surface area contributed by atoms with E-state index in [-0.39, 0.29) is 6.10 Å². The van der Waals surface area contributed by atoms with E-state index in [2.05, 4.69) is 86.8 Å². The van der Waals surface area contributed by atoms with E-state index in [4.69, 9.17) is 33.9 Å². The van der Waals surface area contributed by atoms with Crippen molar-refractivity contribution in [3.63, 3.8) is 0 Å². The molecule has 2 saturated heterocycles. The Morgan fingerprint density at radius 3 is 2.06 bits per heavy atom. The van der Waals surface area contributed by atoms with Crippen LogP contribution in [0.2, 0.25) is 0 Å². The highest BCUT2D eigenvalue weighted by Gasteiger charge is 2.71. The summed E-state index contributed by atoms with van der Waals surface area (Å²) in [6.07, 6.45) is 8.38. The van der Waals surface area contributed by atoms with E-state index in [1.165, 1.54) is 0 Å². The first-order valence-corrected chi connectivity index (χ1v) is 17.2. The molecular formula is C39H43N5O4. The molecule has 8 rings (SSSR count). The lowest BCUT2D eigenvalue weighted by Crippen LogP contribution is -2.46. The molecule has 0 amide bonds. The summed E-state index contributed by atoms with van der Waals surface area (Å²) < 4.78 is 28.5. The molecule has 2 aliphatic heterocycles. The van der Waals surface area contributed by atoms with E-state index in [9.17, 15) is 0 Å². The number of nitrogens with zero attached hydrogens (tertiary/aromatic N) is 4. The van der Waals surface area contributed by atoms with Gasteiger partial charge in [-0.2, -0.15) is 0 Å². The Kier molecular flexibility index (Phi) is 7.54. The van der Waals surface area contributed by atoms with Crippen molar-refractivity contribution in [2.45, 2.75) is 94.2 Å². The molecule has 0 bridgehead atoms. The van der Waals surface area contributed by atoms with E-state index in [0.29, 0.717) is 17.0 Å². The minimum Gasteiger partial charge on any atom is -0.497 e. The van der Waals surface area contributed by atoms with Crippen molar-refractivity contribution < 1.29 is 18.9 Å². The number of methoxy groups -OCH3 is 1. The van der Waals surface area contributed by atoms with Gasteiger partial charge in [-0.25, -0.2) is 15.0 Å². The van der Waals surface area contributed by atoms with E-state index in [1.54, 1.807) is 13.4 Å². The first-order valence-electron chi connectivity index (χ1n) is 17.2. The van der Waals surface area contributed by atoms with Crippen LogP contribution in [-0.2, 0) is 19.7 Å². The molecule has 2 aromatic heterocycles. The number of rotatable bonds is 9. The summed E-state index contributed by atoms with van der Waals surface area (Å²) in [7, 11) is 1.68. The summed E-state index contributed by atoms with van der Waals surface area (Å²) in [5, 5.41) is 3.90. The van der Waals surface area contributed by atoms with Gasteiger partial charge in [0.2, 0.25) is 0 Å². The quantitative estimate of drug-likeness (QED) is 0.163. The predicted molar refractivity (Wildman–Crippen MR) is 184 cm³/mol. The Labute approximate surface area is 281 Å². The summed E-state index contributed by atoms with van der Waals surface area (Å²) in [4.78, 5) is 14.6. The molecule has 48 heavy (non-hydrogen) atoms. The topological polar surface area (TPSA) is 92.6 Å². The van der Waals surface area contributed by atoms with Crippen LogP contribution in [0.1, 0.15) is 82.2 Å². The normalized spacial score (nSPS) is 24.2. The fraction of sp³-hybridized carbons (Fsp3) is 0.410. The summed E-state index contributed by atoms with van der Waals surface area (Å²) in [6.45, 7) is 6.50. The Hall–Kier alpha value is -4.31. The van der Waals surface area contributed by atoms with Gasteiger partial charge in [0.1, 0.15) is 29.3 Å². The van der Waals surface area contributed by atoms with Crippen LogP contribution in [0.4, 0.5) is 5.82 Å². The summed E-state index contributed by atoms with van der Waals surface area (Å²) in [5.74, 6) is 0.835. The van der Waals surface area contributed by atoms with Gasteiger partial charge in [0.25, 0.3) is 0 Å². The van der Waals surface area contributed by atoms with Gasteiger partial charge in [-0.15, -0.1) is 0 Å². The van der Waals surface area contributed by atoms with Gasteiger partial charge in [0, 0.05) is 12.8 Å². The van der Waals surface area contributed by atoms with Gasteiger partial charge in [0.15, 0.2) is 29.0 Å². The van der Waals surface area contributed by atoms with Crippen LogP contribution >= 0.6 is 0 Å². The van der Waals surface area contributed by atoms with E-state index in [1.807, 2.05) is 35.2 Å². The van der Waals surface area contributed by atoms with Crippen LogP contribution in [0.5, 0.6) is 5.75 Å². The van der Waals surface area contributed by atoms with Gasteiger partial charge in [0.05, 0.1) is 19.0 Å². The van der Waals surface area contributed by atoms with Crippen molar-refractivity contribution in [2.24, 2.45) is 0 Å². The van der Waals surface area contributed by atoms with Gasteiger partial charge < -0.3 is 24.3 Å². The minimum absolute atomic E-state index is 0.209. The highest BCUT2D eigenvalue weighted by atomic mass is 16.8. The second kappa shape index (κ2) is 11.7. The zero-order chi connectivity index (χ0) is 33.0. The number of aromatic nitrogens is 4. The molecule has 3 atom stereocenters. The molecule has 1 aliphatic carbocycles. The number of anilines is 1. The fourth-order valence-corrected chi connectivity index (χ4v) is 8.50. The average molecular weight is 646 g/mol. The first kappa shape index (κ1) is 31.0. The minimum atomic E-state index is -0.822. The number of hydrogen-bond donors (Lipinski definition) is 1. The molecule has 3 fully saturated rings. The Bertz CT molecular complexity index is 1850. The number of ether oxygens (including phenoxy) is 4. The smallest absolute Gasteiger partial charge is 0.170 e. The lowest BCUT2D eigenvalue weighted by atomic mass is 9.77. The monoisotopic (exact) mass is 645 g/mol. The molecule has 9 nitrogen and oxygen atoms in total. The van der Waals surface area contributed by atoms with Crippen LogP contribution in [0, 0.1) is 0 Å². The van der Waals surface area contributed by atoms with Crippen molar-refractivity contribution in [1.82, 2.24) is 19.5 Å². The third-order valence-electron chi connectivity index (χ3n) is 11.0. The third kappa shape index (κ3) is 4.59. The molecule has 0 radical (unpaired) electrons. The van der Waals surface area contributed by atoms with E-state index >= 15 is 0 Å². The van der Waals surface area contributed by atoms with Gasteiger partial charge in [-0.05, 0) is 61.4 Å². The maximum absolute atomic E-state index is 7.02. The Morgan fingerprint density at radius 2 is 1.46 bits per heavy atom. The molecule has 1 spiro atoms. The van der Waals surface area contributed by atoms with Crippen molar-refractivity contribution >= 4 is 17.0 Å². The summed E-state index contributed by atoms with van der Waals surface area (Å²) >= 11 is 0. The standard InChI is InChI=1S/C39H43N5O4/c1-5-37(6-2)34-36(3,48-38(46-34)23-13-14-24-38)35(47-37)44-26-42-31-32(40-25-41-33(31)44)43-39(27-15-9-7-10-16-27,28-17-11-8-12-18-28)29-19-21-30(45-4)22-20-29/h7-12,15-22,25-26,34-35H,5-6,13-14,23-24H2,1-4H3,(H,40,41,43)/t34-,35+,36+/m0/s1. The molecule has 0 unspecified atom stereocenters. The molecule has 1 N–H and O–H groups in total. The summed E-state index contributed by atoms with van der Waals surface area (Å²) in [5.41, 5.74) is 2.41. The molecule has 248 valence electrons. The zero-order valence-corrected chi connectivity index (χ0v) is 28.1. The number of imidazole rings is 1. The number of benzene rings is 3. The maximum atomic E-state index is 7.02. The molecular weight excluding hydrogens is 602 g/mol. The molecule has 5 aromatic rings. The third-order valence-corrected chi connectivity index (χ3v) is 11.0. The van der Waals surface area contributed by atoms with Gasteiger partial charge >= 0.3 is 0 Å². The van der Waals surface area contributed by atoms with Crippen molar-refractivity contribution in [3.05, 3.63) is 114 Å². The van der Waals surface area contributed by atoms with Crippen molar-refractivity contribution in [2.75, 3.05) is 12.4 Å². The van der Waals surface area contributed by atoms with Gasteiger partial charge in [-0.1, -0.05) is 86.6 Å². The van der Waals surface area contributed by atoms with Crippen LogP contribution in [-0.4, -0.2) is 49.7 Å². The number of fused-ring (bicyclic) bond motifs is 2. The zero-order valence-electron chi connectivity index (χ0n) is 28.1. The molecule has 1 saturated carbocycles. The average Bonchev–Trinajstić information content (AvgIpc) is 3.90. The van der Waals surface area contributed by atoms with Crippen LogP contribution in [0.3, 0.4) is 0 Å². The Balaban J connectivity index is 1.27. The van der Waals surface area contributed by atoms with Crippen molar-refractivity contribution in [3.8, 4) is 5.75 Å². The second-order valence-corrected chi connectivity index (χ2v) is 13.5. The fourth-order valence-electron chi connectivity index (χ4n) is 8.50. The lowest BCUT2D eigenvalue weighted by molar-refractivity contribution is -0.247. The summed E-state index contributed by atoms with van der Waals surface area (Å²) in [6, 6.07) is 29.0.